The number of hydrogen-bond acceptors (Lipinski definition) is 2. The Hall–Kier alpha value is -0.760. The molecule has 80 valence electrons. The average Bonchev–Trinajstić information content (AvgIpc) is 3.00. The largest absolute Gasteiger partial charge is 0.298 e. The lowest BCUT2D eigenvalue weighted by atomic mass is 10.2. The fraction of sp³-hybridized carbons (Fsp3) is 0.462. The number of hydrogen-bond donors (Lipinski definition) is 0. The summed E-state index contributed by atoms with van der Waals surface area (Å²) in [5.41, 5.74) is 2.62. The lowest BCUT2D eigenvalue weighted by Gasteiger charge is -2.02. The maximum absolute atomic E-state index is 11.4. The molecule has 0 saturated heterocycles. The molecule has 0 amide bonds. The number of carbonyl (C=O) groups is 1. The molecule has 2 rings (SSSR count). The number of rotatable bonds is 5. The Morgan fingerprint density at radius 3 is 2.93 bits per heavy atom. The van der Waals surface area contributed by atoms with Gasteiger partial charge in [0.1, 0.15) is 5.78 Å². The molecule has 1 fully saturated rings. The molecule has 15 heavy (non-hydrogen) atoms. The van der Waals surface area contributed by atoms with Crippen molar-refractivity contribution in [1.29, 1.82) is 0 Å². The monoisotopic (exact) mass is 220 g/mol. The molecule has 0 aromatic heterocycles. The van der Waals surface area contributed by atoms with Gasteiger partial charge in [-0.1, -0.05) is 29.8 Å². The molecule has 0 bridgehead atoms. The fourth-order valence-electron chi connectivity index (χ4n) is 1.59. The maximum Gasteiger partial charge on any atom is 0.145 e. The number of carbonyl (C=O) groups excluding carboxylic acids is 1. The van der Waals surface area contributed by atoms with Gasteiger partial charge in [-0.25, -0.2) is 0 Å². The molecule has 1 aromatic carbocycles. The van der Waals surface area contributed by atoms with Crippen LogP contribution in [0, 0.1) is 12.8 Å². The van der Waals surface area contributed by atoms with E-state index in [9.17, 15) is 4.79 Å². The van der Waals surface area contributed by atoms with E-state index in [1.807, 2.05) is 0 Å². The van der Waals surface area contributed by atoms with Crippen LogP contribution < -0.4 is 0 Å². The number of Topliss-reactive ketones (excluding diaryl/α,β-unsaturated/α-hetero) is 1. The Labute approximate surface area is 95.3 Å². The minimum Gasteiger partial charge on any atom is -0.298 e. The molecule has 2 heteroatoms. The van der Waals surface area contributed by atoms with Crippen molar-refractivity contribution in [2.45, 2.75) is 25.5 Å². The van der Waals surface area contributed by atoms with Crippen molar-refractivity contribution in [2.24, 2.45) is 5.92 Å². The van der Waals surface area contributed by atoms with Crippen molar-refractivity contribution < 1.29 is 4.79 Å². The van der Waals surface area contributed by atoms with Gasteiger partial charge >= 0.3 is 0 Å². The Morgan fingerprint density at radius 2 is 2.27 bits per heavy atom. The number of aryl methyl sites for hydroxylation is 1. The zero-order valence-corrected chi connectivity index (χ0v) is 9.85. The first-order valence-corrected chi connectivity index (χ1v) is 6.57. The fourth-order valence-corrected chi connectivity index (χ4v) is 2.55. The van der Waals surface area contributed by atoms with Gasteiger partial charge in [-0.15, -0.1) is 11.8 Å². The highest BCUT2D eigenvalue weighted by molar-refractivity contribution is 7.99. The summed E-state index contributed by atoms with van der Waals surface area (Å²) in [6, 6.07) is 8.49. The van der Waals surface area contributed by atoms with E-state index in [-0.39, 0.29) is 0 Å². The van der Waals surface area contributed by atoms with Gasteiger partial charge in [0.25, 0.3) is 0 Å². The molecule has 0 radical (unpaired) electrons. The van der Waals surface area contributed by atoms with E-state index in [4.69, 9.17) is 0 Å². The van der Waals surface area contributed by atoms with Crippen LogP contribution >= 0.6 is 11.8 Å². The summed E-state index contributed by atoms with van der Waals surface area (Å²) in [5.74, 6) is 2.52. The van der Waals surface area contributed by atoms with Gasteiger partial charge in [0.05, 0.1) is 5.75 Å². The first-order chi connectivity index (χ1) is 7.25. The quantitative estimate of drug-likeness (QED) is 0.758. The van der Waals surface area contributed by atoms with E-state index in [0.29, 0.717) is 17.5 Å². The molecule has 1 saturated carbocycles. The second-order valence-corrected chi connectivity index (χ2v) is 5.21. The highest BCUT2D eigenvalue weighted by Crippen LogP contribution is 2.31. The third-order valence-corrected chi connectivity index (χ3v) is 3.65. The van der Waals surface area contributed by atoms with Crippen molar-refractivity contribution in [1.82, 2.24) is 0 Å². The smallest absolute Gasteiger partial charge is 0.145 e. The predicted octanol–water partition coefficient (Wildman–Crippen LogP) is 3.21. The Kier molecular flexibility index (Phi) is 3.47. The van der Waals surface area contributed by atoms with Crippen LogP contribution in [-0.4, -0.2) is 11.5 Å². The standard InChI is InChI=1S/C13H16OS/c1-10-3-2-4-11(7-10)8-15-9-13(14)12-5-6-12/h2-4,7,12H,5-6,8-9H2,1H3. The molecule has 0 atom stereocenters. The Balaban J connectivity index is 1.75. The zero-order valence-electron chi connectivity index (χ0n) is 9.03. The summed E-state index contributed by atoms with van der Waals surface area (Å²) < 4.78 is 0. The molecular weight excluding hydrogens is 204 g/mol. The second kappa shape index (κ2) is 4.84. The lowest BCUT2D eigenvalue weighted by Crippen LogP contribution is -2.03. The number of ketones is 1. The summed E-state index contributed by atoms with van der Waals surface area (Å²) in [6.07, 6.45) is 2.26. The van der Waals surface area contributed by atoms with Gasteiger partial charge in [0.15, 0.2) is 0 Å². The minimum absolute atomic E-state index is 0.412. The minimum atomic E-state index is 0.412. The summed E-state index contributed by atoms with van der Waals surface area (Å²) in [6.45, 7) is 2.10. The third-order valence-electron chi connectivity index (χ3n) is 2.63. The topological polar surface area (TPSA) is 17.1 Å². The SMILES string of the molecule is Cc1cccc(CSCC(=O)C2CC2)c1. The van der Waals surface area contributed by atoms with E-state index in [2.05, 4.69) is 31.2 Å². The second-order valence-electron chi connectivity index (χ2n) is 4.22. The number of benzene rings is 1. The van der Waals surface area contributed by atoms with Crippen LogP contribution in [0.3, 0.4) is 0 Å². The van der Waals surface area contributed by atoms with E-state index in [1.165, 1.54) is 11.1 Å². The first-order valence-electron chi connectivity index (χ1n) is 5.42. The van der Waals surface area contributed by atoms with Crippen LogP contribution in [-0.2, 0) is 10.5 Å². The molecule has 0 aliphatic heterocycles. The lowest BCUT2D eigenvalue weighted by molar-refractivity contribution is -0.117. The van der Waals surface area contributed by atoms with Gasteiger partial charge in [-0.2, -0.15) is 0 Å². The molecule has 0 N–H and O–H groups in total. The van der Waals surface area contributed by atoms with Crippen molar-refractivity contribution >= 4 is 17.5 Å². The normalized spacial score (nSPS) is 15.3. The summed E-state index contributed by atoms with van der Waals surface area (Å²) in [4.78, 5) is 11.4. The van der Waals surface area contributed by atoms with Gasteiger partial charge < -0.3 is 0 Å². The Bertz CT molecular complexity index is 355. The van der Waals surface area contributed by atoms with Crippen LogP contribution in [0.2, 0.25) is 0 Å². The molecule has 0 spiro atoms. The number of thioether (sulfide) groups is 1. The molecule has 0 unspecified atom stereocenters. The molecule has 1 aliphatic rings. The van der Waals surface area contributed by atoms with Crippen molar-refractivity contribution in [3.05, 3.63) is 35.4 Å². The maximum atomic E-state index is 11.4. The van der Waals surface area contributed by atoms with Crippen LogP contribution in [0.5, 0.6) is 0 Å². The average molecular weight is 220 g/mol. The van der Waals surface area contributed by atoms with Crippen LogP contribution in [0.4, 0.5) is 0 Å². The molecule has 0 heterocycles. The summed E-state index contributed by atoms with van der Waals surface area (Å²) >= 11 is 1.74. The predicted molar refractivity (Wildman–Crippen MR) is 65.1 cm³/mol. The summed E-state index contributed by atoms with van der Waals surface area (Å²) in [7, 11) is 0. The van der Waals surface area contributed by atoms with Crippen LogP contribution in [0.25, 0.3) is 0 Å². The first kappa shape index (κ1) is 10.7. The van der Waals surface area contributed by atoms with E-state index < -0.39 is 0 Å². The van der Waals surface area contributed by atoms with Gasteiger partial charge in [-0.05, 0) is 25.3 Å². The van der Waals surface area contributed by atoms with Gasteiger partial charge in [0.2, 0.25) is 0 Å². The van der Waals surface area contributed by atoms with E-state index in [0.717, 1.165) is 18.6 Å². The zero-order chi connectivity index (χ0) is 10.7. The van der Waals surface area contributed by atoms with Crippen LogP contribution in [0.15, 0.2) is 24.3 Å². The third kappa shape index (κ3) is 3.38. The van der Waals surface area contributed by atoms with Gasteiger partial charge in [0, 0.05) is 11.7 Å². The van der Waals surface area contributed by atoms with E-state index in [1.54, 1.807) is 11.8 Å². The van der Waals surface area contributed by atoms with Crippen LogP contribution in [0.1, 0.15) is 24.0 Å². The molecule has 1 aromatic rings. The van der Waals surface area contributed by atoms with Crippen molar-refractivity contribution in [2.75, 3.05) is 5.75 Å². The highest BCUT2D eigenvalue weighted by Gasteiger charge is 2.28. The summed E-state index contributed by atoms with van der Waals surface area (Å²) in [5, 5.41) is 0. The van der Waals surface area contributed by atoms with Crippen molar-refractivity contribution in [3.8, 4) is 0 Å². The highest BCUT2D eigenvalue weighted by atomic mass is 32.2. The van der Waals surface area contributed by atoms with E-state index >= 15 is 0 Å². The van der Waals surface area contributed by atoms with Crippen molar-refractivity contribution in [3.63, 3.8) is 0 Å². The molecule has 1 nitrogen and oxygen atoms in total. The molecular formula is C13H16OS. The van der Waals surface area contributed by atoms with Gasteiger partial charge in [-0.3, -0.25) is 4.79 Å². The Morgan fingerprint density at radius 1 is 1.47 bits per heavy atom. The molecule has 1 aliphatic carbocycles.